The minimum Gasteiger partial charge on any atom is -0.386 e. The molecule has 3 unspecified atom stereocenters. The maximum absolute atomic E-state index is 11.5. The molecule has 3 atom stereocenters. The standard InChI is InChI=1S/C9H10N5O4.Y/c1-17-8-5(12-13-10)4-7(18-8)14-3-2-6(15)11-9(14)16;/h3,5,7-8H,4H2,1H3,(H,11,15,16);/q-1;. The summed E-state index contributed by atoms with van der Waals surface area (Å²) < 4.78 is 11.6. The van der Waals surface area contributed by atoms with Crippen LogP contribution in [0, 0.1) is 6.07 Å². The number of nitrogens with one attached hydrogen (secondary N) is 1. The molecule has 2 heterocycles. The molecule has 0 bridgehead atoms. The first kappa shape index (κ1) is 16.1. The monoisotopic (exact) mass is 341 g/mol. The van der Waals surface area contributed by atoms with E-state index in [-0.39, 0.29) is 39.1 Å². The molecule has 1 aliphatic heterocycles. The Labute approximate surface area is 132 Å². The molecule has 0 aromatic carbocycles. The summed E-state index contributed by atoms with van der Waals surface area (Å²) in [6, 6.07) is 1.80. The van der Waals surface area contributed by atoms with Crippen molar-refractivity contribution in [3.8, 4) is 0 Å². The number of azide groups is 1. The van der Waals surface area contributed by atoms with Gasteiger partial charge in [0.25, 0.3) is 0 Å². The summed E-state index contributed by atoms with van der Waals surface area (Å²) in [5.74, 6) is 0. The van der Waals surface area contributed by atoms with Crippen molar-refractivity contribution in [2.75, 3.05) is 7.11 Å². The molecule has 1 aromatic heterocycles. The number of rotatable bonds is 3. The van der Waals surface area contributed by atoms with Gasteiger partial charge in [0.15, 0.2) is 6.29 Å². The van der Waals surface area contributed by atoms with E-state index in [1.165, 1.54) is 17.9 Å². The number of hydrogen-bond donors (Lipinski definition) is 1. The molecule has 1 radical (unpaired) electrons. The van der Waals surface area contributed by atoms with Gasteiger partial charge in [-0.05, 0) is 5.53 Å². The second kappa shape index (κ2) is 6.97. The van der Waals surface area contributed by atoms with Crippen molar-refractivity contribution in [1.29, 1.82) is 0 Å². The normalized spacial score (nSPS) is 25.4. The van der Waals surface area contributed by atoms with Gasteiger partial charge >= 0.3 is 5.69 Å². The number of H-pyrrole nitrogens is 1. The molecule has 0 saturated carbocycles. The van der Waals surface area contributed by atoms with E-state index in [2.05, 4.69) is 21.1 Å². The predicted molar refractivity (Wildman–Crippen MR) is 58.6 cm³/mol. The fourth-order valence-electron chi connectivity index (χ4n) is 1.78. The minimum absolute atomic E-state index is 0. The zero-order chi connectivity index (χ0) is 13.1. The quantitative estimate of drug-likeness (QED) is 0.357. The summed E-state index contributed by atoms with van der Waals surface area (Å²) in [4.78, 5) is 27.2. The number of ether oxygens (including phenoxy) is 2. The van der Waals surface area contributed by atoms with Crippen LogP contribution < -0.4 is 11.2 Å². The molecular formula is C9H10N5O4Y-. The topological polar surface area (TPSA) is 122 Å². The van der Waals surface area contributed by atoms with Crippen LogP contribution in [0.3, 0.4) is 0 Å². The average Bonchev–Trinajstić information content (AvgIpc) is 2.72. The zero-order valence-electron chi connectivity index (χ0n) is 10.0. The second-order valence-corrected chi connectivity index (χ2v) is 3.64. The summed E-state index contributed by atoms with van der Waals surface area (Å²) in [6.07, 6.45) is 0.107. The fraction of sp³-hybridized carbons (Fsp3) is 0.556. The van der Waals surface area contributed by atoms with Crippen molar-refractivity contribution in [3.05, 3.63) is 43.5 Å². The van der Waals surface area contributed by atoms with Gasteiger partial charge in [-0.15, -0.1) is 0 Å². The Bertz CT molecular complexity index is 593. The van der Waals surface area contributed by atoms with Crippen LogP contribution in [0.2, 0.25) is 0 Å². The maximum atomic E-state index is 11.5. The number of methoxy groups -OCH3 is 1. The molecule has 0 aliphatic carbocycles. The smallest absolute Gasteiger partial charge is 0.325 e. The summed E-state index contributed by atoms with van der Waals surface area (Å²) in [5.41, 5.74) is 7.19. The summed E-state index contributed by atoms with van der Waals surface area (Å²) in [7, 11) is 1.41. The molecule has 1 aromatic rings. The van der Waals surface area contributed by atoms with E-state index in [1.54, 1.807) is 0 Å². The van der Waals surface area contributed by atoms with Gasteiger partial charge in [-0.25, -0.2) is 4.79 Å². The van der Waals surface area contributed by atoms with Crippen molar-refractivity contribution in [2.45, 2.75) is 25.0 Å². The number of aromatic nitrogens is 2. The molecule has 9 nitrogen and oxygen atoms in total. The molecule has 0 spiro atoms. The minimum atomic E-state index is -0.718. The summed E-state index contributed by atoms with van der Waals surface area (Å²) >= 11 is 0. The molecule has 0 amide bonds. The number of aromatic amines is 1. The van der Waals surface area contributed by atoms with Crippen LogP contribution in [0.5, 0.6) is 0 Å². The van der Waals surface area contributed by atoms with Crippen LogP contribution in [0.15, 0.2) is 20.9 Å². The first-order chi connectivity index (χ1) is 8.65. The fourth-order valence-corrected chi connectivity index (χ4v) is 1.78. The van der Waals surface area contributed by atoms with E-state index in [0.717, 1.165) is 0 Å². The van der Waals surface area contributed by atoms with Crippen molar-refractivity contribution < 1.29 is 42.2 Å². The molecule has 2 rings (SSSR count). The van der Waals surface area contributed by atoms with Crippen LogP contribution in [-0.4, -0.2) is 29.0 Å². The van der Waals surface area contributed by atoms with Crippen LogP contribution in [0.25, 0.3) is 10.4 Å². The maximum Gasteiger partial charge on any atom is 0.325 e. The zero-order valence-corrected chi connectivity index (χ0v) is 12.9. The van der Waals surface area contributed by atoms with Gasteiger partial charge in [-0.3, -0.25) is 0 Å². The third-order valence-electron chi connectivity index (χ3n) is 2.58. The first-order valence-electron chi connectivity index (χ1n) is 5.11. The summed E-state index contributed by atoms with van der Waals surface area (Å²) in [6.45, 7) is 0. The Morgan fingerprint density at radius 1 is 1.68 bits per heavy atom. The molecule has 1 fully saturated rings. The van der Waals surface area contributed by atoms with Crippen molar-refractivity contribution in [3.63, 3.8) is 0 Å². The van der Waals surface area contributed by atoms with Crippen LogP contribution in [0.1, 0.15) is 12.6 Å². The van der Waals surface area contributed by atoms with E-state index < -0.39 is 29.8 Å². The number of nitrogens with zero attached hydrogens (tertiary/aromatic N) is 4. The van der Waals surface area contributed by atoms with E-state index in [9.17, 15) is 9.59 Å². The Kier molecular flexibility index (Phi) is 5.90. The average molecular weight is 341 g/mol. The van der Waals surface area contributed by atoms with Crippen molar-refractivity contribution in [2.24, 2.45) is 5.11 Å². The largest absolute Gasteiger partial charge is 0.386 e. The van der Waals surface area contributed by atoms with Crippen molar-refractivity contribution in [1.82, 2.24) is 9.55 Å². The van der Waals surface area contributed by atoms with Gasteiger partial charge < -0.3 is 29.9 Å². The molecule has 1 aliphatic rings. The van der Waals surface area contributed by atoms with Gasteiger partial charge in [0, 0.05) is 51.2 Å². The third-order valence-corrected chi connectivity index (χ3v) is 2.58. The Balaban J connectivity index is 0.00000180. The molecule has 1 N–H and O–H groups in total. The van der Waals surface area contributed by atoms with Gasteiger partial charge in [-0.1, -0.05) is 5.11 Å². The molecule has 19 heavy (non-hydrogen) atoms. The van der Waals surface area contributed by atoms with Crippen LogP contribution in [-0.2, 0) is 42.2 Å². The summed E-state index contributed by atoms with van der Waals surface area (Å²) in [5, 5.41) is 3.53. The predicted octanol–water partition coefficient (Wildman–Crippen LogP) is -0.0954. The first-order valence-corrected chi connectivity index (χ1v) is 5.11. The molecule has 99 valence electrons. The van der Waals surface area contributed by atoms with Crippen molar-refractivity contribution >= 4 is 0 Å². The van der Waals surface area contributed by atoms with E-state index in [1.807, 2.05) is 0 Å². The number of hydrogen-bond acceptors (Lipinski definition) is 5. The Morgan fingerprint density at radius 2 is 2.42 bits per heavy atom. The van der Waals surface area contributed by atoms with E-state index in [0.29, 0.717) is 0 Å². The van der Waals surface area contributed by atoms with Crippen LogP contribution in [0.4, 0.5) is 0 Å². The van der Waals surface area contributed by atoms with E-state index in [4.69, 9.17) is 15.0 Å². The van der Waals surface area contributed by atoms with Crippen LogP contribution >= 0.6 is 0 Å². The van der Waals surface area contributed by atoms with Gasteiger partial charge in [0.1, 0.15) is 6.23 Å². The Hall–Kier alpha value is -0.986. The van der Waals surface area contributed by atoms with Gasteiger partial charge in [-0.2, -0.15) is 6.20 Å². The van der Waals surface area contributed by atoms with Gasteiger partial charge in [0.2, 0.25) is 0 Å². The molecule has 1 saturated heterocycles. The molecular weight excluding hydrogens is 331 g/mol. The third kappa shape index (κ3) is 3.52. The van der Waals surface area contributed by atoms with E-state index >= 15 is 0 Å². The Morgan fingerprint density at radius 3 is 3.00 bits per heavy atom. The molecule has 10 heteroatoms. The second-order valence-electron chi connectivity index (χ2n) is 3.64. The SMILES string of the molecule is COC1OC(n2c[c-]c(=O)[nH]c2=O)CC1N=[N+]=[N-].[Y]. The van der Waals surface area contributed by atoms with Gasteiger partial charge in [0.05, 0.1) is 11.6 Å².